The highest BCUT2D eigenvalue weighted by molar-refractivity contribution is 7.90. The molecule has 1 aliphatic heterocycles. The highest BCUT2D eigenvalue weighted by Gasteiger charge is 2.23. The Morgan fingerprint density at radius 2 is 1.79 bits per heavy atom. The number of hydrogen-bond acceptors (Lipinski definition) is 7. The van der Waals surface area contributed by atoms with Crippen LogP contribution < -0.4 is 15.0 Å². The van der Waals surface area contributed by atoms with Crippen molar-refractivity contribution >= 4 is 26.9 Å². The van der Waals surface area contributed by atoms with Gasteiger partial charge < -0.3 is 15.0 Å². The first-order valence-electron chi connectivity index (χ1n) is 8.92. The predicted molar refractivity (Wildman–Crippen MR) is 108 cm³/mol. The van der Waals surface area contributed by atoms with Gasteiger partial charge in [0, 0.05) is 43.2 Å². The van der Waals surface area contributed by atoms with Crippen molar-refractivity contribution in [3.05, 3.63) is 52.6 Å². The first kappa shape index (κ1) is 19.9. The van der Waals surface area contributed by atoms with Gasteiger partial charge in [0.1, 0.15) is 5.75 Å². The number of anilines is 2. The van der Waals surface area contributed by atoms with Crippen molar-refractivity contribution in [2.45, 2.75) is 23.8 Å². The number of piperidine rings is 1. The minimum atomic E-state index is -3.59. The average Bonchev–Trinajstić information content (AvgIpc) is 2.68. The molecule has 2 aromatic carbocycles. The fraction of sp³-hybridized carbons (Fsp3) is 0.368. The van der Waals surface area contributed by atoms with E-state index in [0.717, 1.165) is 49.7 Å². The molecule has 0 unspecified atom stereocenters. The van der Waals surface area contributed by atoms with Crippen LogP contribution in [-0.4, -0.2) is 45.8 Å². The molecule has 0 radical (unpaired) electrons. The zero-order valence-electron chi connectivity index (χ0n) is 15.8. The first-order chi connectivity index (χ1) is 13.3. The maximum Gasteiger partial charge on any atom is 0.270 e. The summed E-state index contributed by atoms with van der Waals surface area (Å²) in [5, 5.41) is 14.2. The van der Waals surface area contributed by atoms with E-state index in [1.54, 1.807) is 7.11 Å². The molecule has 1 heterocycles. The second kappa shape index (κ2) is 8.05. The van der Waals surface area contributed by atoms with Gasteiger partial charge in [0.25, 0.3) is 5.69 Å². The van der Waals surface area contributed by atoms with Crippen LogP contribution in [0.25, 0.3) is 0 Å². The van der Waals surface area contributed by atoms with E-state index in [1.807, 2.05) is 24.3 Å². The number of sulfone groups is 1. The van der Waals surface area contributed by atoms with Gasteiger partial charge in [0.2, 0.25) is 0 Å². The van der Waals surface area contributed by atoms with E-state index in [9.17, 15) is 18.5 Å². The highest BCUT2D eigenvalue weighted by Crippen LogP contribution is 2.29. The van der Waals surface area contributed by atoms with Crippen molar-refractivity contribution in [2.24, 2.45) is 0 Å². The molecule has 0 aromatic heterocycles. The third-order valence-electron chi connectivity index (χ3n) is 4.87. The topological polar surface area (TPSA) is 102 Å². The number of methoxy groups -OCH3 is 1. The third-order valence-corrected chi connectivity index (χ3v) is 6.00. The van der Waals surface area contributed by atoms with Gasteiger partial charge in [-0.05, 0) is 43.2 Å². The zero-order valence-corrected chi connectivity index (χ0v) is 16.6. The fourth-order valence-electron chi connectivity index (χ4n) is 3.35. The number of non-ortho nitro benzene ring substituents is 1. The quantitative estimate of drug-likeness (QED) is 0.582. The van der Waals surface area contributed by atoms with Gasteiger partial charge in [-0.25, -0.2) is 8.42 Å². The van der Waals surface area contributed by atoms with Gasteiger partial charge in [-0.3, -0.25) is 10.1 Å². The molecule has 1 N–H and O–H groups in total. The van der Waals surface area contributed by atoms with E-state index >= 15 is 0 Å². The molecule has 8 nitrogen and oxygen atoms in total. The summed E-state index contributed by atoms with van der Waals surface area (Å²) in [6, 6.07) is 11.9. The van der Waals surface area contributed by atoms with Crippen LogP contribution in [0.4, 0.5) is 17.1 Å². The summed E-state index contributed by atoms with van der Waals surface area (Å²) in [5.41, 5.74) is 1.29. The van der Waals surface area contributed by atoms with Crippen LogP contribution in [0.5, 0.6) is 5.75 Å². The van der Waals surface area contributed by atoms with Crippen LogP contribution in [0.3, 0.4) is 0 Å². The molecule has 0 atom stereocenters. The molecular formula is C19H23N3O5S. The van der Waals surface area contributed by atoms with Gasteiger partial charge in [-0.2, -0.15) is 0 Å². The number of benzene rings is 2. The number of nitro groups is 1. The molecule has 1 saturated heterocycles. The third kappa shape index (κ3) is 4.53. The number of nitrogens with zero attached hydrogens (tertiary/aromatic N) is 2. The van der Waals surface area contributed by atoms with Crippen molar-refractivity contribution < 1.29 is 18.1 Å². The Bertz CT molecular complexity index is 952. The van der Waals surface area contributed by atoms with Crippen LogP contribution in [0.2, 0.25) is 0 Å². The molecule has 3 rings (SSSR count). The lowest BCUT2D eigenvalue weighted by Crippen LogP contribution is -2.39. The van der Waals surface area contributed by atoms with Gasteiger partial charge in [0.15, 0.2) is 9.84 Å². The number of nitrogens with one attached hydrogen (secondary N) is 1. The smallest absolute Gasteiger partial charge is 0.270 e. The molecular weight excluding hydrogens is 382 g/mol. The molecule has 9 heteroatoms. The van der Waals surface area contributed by atoms with E-state index in [4.69, 9.17) is 4.74 Å². The Morgan fingerprint density at radius 1 is 1.14 bits per heavy atom. The van der Waals surface area contributed by atoms with E-state index in [2.05, 4.69) is 10.2 Å². The number of nitro benzene ring substituents is 1. The van der Waals surface area contributed by atoms with Crippen LogP contribution in [0.15, 0.2) is 47.4 Å². The molecule has 2 aromatic rings. The lowest BCUT2D eigenvalue weighted by molar-refractivity contribution is -0.385. The summed E-state index contributed by atoms with van der Waals surface area (Å²) >= 11 is 0. The van der Waals surface area contributed by atoms with Crippen LogP contribution in [-0.2, 0) is 9.84 Å². The van der Waals surface area contributed by atoms with Crippen LogP contribution in [0, 0.1) is 10.1 Å². The fourth-order valence-corrected chi connectivity index (χ4v) is 4.21. The van der Waals surface area contributed by atoms with Crippen LogP contribution in [0.1, 0.15) is 12.8 Å². The second-order valence-corrected chi connectivity index (χ2v) is 8.80. The summed E-state index contributed by atoms with van der Waals surface area (Å²) in [7, 11) is -1.96. The first-order valence-corrected chi connectivity index (χ1v) is 10.8. The number of ether oxygens (including phenoxy) is 1. The van der Waals surface area contributed by atoms with E-state index in [1.165, 1.54) is 12.1 Å². The Hall–Kier alpha value is -2.81. The maximum absolute atomic E-state index is 12.1. The van der Waals surface area contributed by atoms with Gasteiger partial charge >= 0.3 is 0 Å². The highest BCUT2D eigenvalue weighted by atomic mass is 32.2. The monoisotopic (exact) mass is 405 g/mol. The summed E-state index contributed by atoms with van der Waals surface area (Å²) in [6.07, 6.45) is 2.71. The van der Waals surface area contributed by atoms with Crippen molar-refractivity contribution in [1.82, 2.24) is 0 Å². The normalized spacial score (nSPS) is 15.3. The molecule has 1 fully saturated rings. The molecule has 0 amide bonds. The van der Waals surface area contributed by atoms with Crippen molar-refractivity contribution in [1.29, 1.82) is 0 Å². The molecule has 0 aliphatic carbocycles. The molecule has 28 heavy (non-hydrogen) atoms. The zero-order chi connectivity index (χ0) is 20.3. The summed E-state index contributed by atoms with van der Waals surface area (Å²) in [5.74, 6) is 0.812. The van der Waals surface area contributed by atoms with Crippen molar-refractivity contribution in [2.75, 3.05) is 36.7 Å². The van der Waals surface area contributed by atoms with E-state index in [-0.39, 0.29) is 16.6 Å². The summed E-state index contributed by atoms with van der Waals surface area (Å²) in [4.78, 5) is 12.6. The maximum atomic E-state index is 12.1. The van der Waals surface area contributed by atoms with Gasteiger partial charge in [-0.15, -0.1) is 0 Å². The molecule has 0 bridgehead atoms. The molecule has 0 spiro atoms. The van der Waals surface area contributed by atoms with Gasteiger partial charge in [0.05, 0.1) is 22.6 Å². The van der Waals surface area contributed by atoms with E-state index in [0.29, 0.717) is 5.69 Å². The van der Waals surface area contributed by atoms with Gasteiger partial charge in [-0.1, -0.05) is 0 Å². The number of rotatable bonds is 6. The second-order valence-electron chi connectivity index (χ2n) is 6.81. The lowest BCUT2D eigenvalue weighted by atomic mass is 10.0. The van der Waals surface area contributed by atoms with Crippen molar-refractivity contribution in [3.63, 3.8) is 0 Å². The Morgan fingerprint density at radius 3 is 2.32 bits per heavy atom. The Balaban J connectivity index is 1.69. The molecule has 1 aliphatic rings. The lowest BCUT2D eigenvalue weighted by Gasteiger charge is -2.34. The molecule has 150 valence electrons. The minimum absolute atomic E-state index is 0.0423. The largest absolute Gasteiger partial charge is 0.497 e. The molecule has 0 saturated carbocycles. The Kier molecular flexibility index (Phi) is 5.73. The Labute approximate surface area is 164 Å². The standard InChI is InChI=1S/C19H23N3O5S/c1-27-17-6-3-15(4-7-17)21-11-9-14(10-12-21)20-18-8-5-16(22(23)24)13-19(18)28(2,25)26/h3-8,13-14,20H,9-12H2,1-2H3. The summed E-state index contributed by atoms with van der Waals surface area (Å²) < 4.78 is 29.3. The number of hydrogen-bond donors (Lipinski definition) is 1. The van der Waals surface area contributed by atoms with Crippen LogP contribution >= 0.6 is 0 Å². The summed E-state index contributed by atoms with van der Waals surface area (Å²) in [6.45, 7) is 1.65. The average molecular weight is 405 g/mol. The van der Waals surface area contributed by atoms with Crippen molar-refractivity contribution in [3.8, 4) is 5.75 Å². The SMILES string of the molecule is COc1ccc(N2CCC(Nc3ccc([N+](=O)[O-])cc3S(C)(=O)=O)CC2)cc1. The predicted octanol–water partition coefficient (Wildman–Crippen LogP) is 3.09. The minimum Gasteiger partial charge on any atom is -0.497 e. The van der Waals surface area contributed by atoms with E-state index < -0.39 is 14.8 Å².